The van der Waals surface area contributed by atoms with Crippen LogP contribution in [0.25, 0.3) is 0 Å². The van der Waals surface area contributed by atoms with Gasteiger partial charge in [-0.05, 0) is 31.3 Å². The van der Waals surface area contributed by atoms with Crippen LogP contribution in [-0.4, -0.2) is 11.8 Å². The Morgan fingerprint density at radius 3 is 2.94 bits per heavy atom. The number of amides is 2. The Labute approximate surface area is 104 Å². The van der Waals surface area contributed by atoms with Crippen LogP contribution in [0.1, 0.15) is 25.7 Å². The quantitative estimate of drug-likeness (QED) is 0.511. The van der Waals surface area contributed by atoms with Crippen molar-refractivity contribution in [2.45, 2.75) is 25.7 Å². The van der Waals surface area contributed by atoms with Crippen LogP contribution in [0, 0.1) is 27.6 Å². The average Bonchev–Trinajstić information content (AvgIpc) is 2.79. The molecule has 0 aromatic rings. The van der Waals surface area contributed by atoms with E-state index in [1.807, 2.05) is 18.2 Å². The molecule has 4 aliphatic rings. The van der Waals surface area contributed by atoms with Crippen molar-refractivity contribution in [2.75, 3.05) is 0 Å². The van der Waals surface area contributed by atoms with E-state index in [0.717, 1.165) is 18.4 Å². The molecule has 2 amide bonds. The second-order valence-electron chi connectivity index (χ2n) is 5.63. The van der Waals surface area contributed by atoms with Crippen LogP contribution in [0.15, 0.2) is 23.8 Å². The lowest BCUT2D eigenvalue weighted by Crippen LogP contribution is -2.67. The van der Waals surface area contributed by atoms with Gasteiger partial charge in [0.25, 0.3) is 0 Å². The van der Waals surface area contributed by atoms with Crippen LogP contribution in [0.5, 0.6) is 0 Å². The van der Waals surface area contributed by atoms with E-state index < -0.39 is 16.2 Å². The minimum atomic E-state index is -0.919. The molecule has 0 aromatic carbocycles. The maximum atomic E-state index is 12.3. The second-order valence-corrected chi connectivity index (χ2v) is 5.63. The third kappa shape index (κ3) is 0.609. The molecule has 3 unspecified atom stereocenters. The number of nitriles is 1. The number of carbonyl (C=O) groups is 2. The van der Waals surface area contributed by atoms with Gasteiger partial charge in [-0.25, -0.2) is 0 Å². The van der Waals surface area contributed by atoms with Gasteiger partial charge in [-0.2, -0.15) is 5.26 Å². The Kier molecular flexibility index (Phi) is 1.45. The lowest BCUT2D eigenvalue weighted by molar-refractivity contribution is -0.148. The van der Waals surface area contributed by atoms with Gasteiger partial charge in [0.1, 0.15) is 10.8 Å². The number of fused-ring (bicyclic) bond motifs is 1. The van der Waals surface area contributed by atoms with E-state index in [-0.39, 0.29) is 11.8 Å². The first-order valence-corrected chi connectivity index (χ1v) is 6.32. The van der Waals surface area contributed by atoms with Crippen molar-refractivity contribution in [1.82, 2.24) is 5.32 Å². The van der Waals surface area contributed by atoms with Crippen molar-refractivity contribution < 1.29 is 9.59 Å². The van der Waals surface area contributed by atoms with Crippen LogP contribution in [-0.2, 0) is 9.59 Å². The molecule has 1 heterocycles. The van der Waals surface area contributed by atoms with Gasteiger partial charge < -0.3 is 0 Å². The molecular weight excluding hydrogens is 228 g/mol. The van der Waals surface area contributed by atoms with Crippen LogP contribution < -0.4 is 5.32 Å². The summed E-state index contributed by atoms with van der Waals surface area (Å²) < 4.78 is 0. The number of allylic oxidation sites excluding steroid dienone is 2. The Hall–Kier alpha value is -1.89. The Bertz CT molecular complexity index is 612. The molecule has 3 atom stereocenters. The summed E-state index contributed by atoms with van der Waals surface area (Å²) in [6.07, 6.45) is 8.78. The molecule has 4 nitrogen and oxygen atoms in total. The predicted octanol–water partition coefficient (Wildman–Crippen LogP) is 1.21. The molecule has 0 bridgehead atoms. The van der Waals surface area contributed by atoms with E-state index >= 15 is 0 Å². The molecule has 1 saturated heterocycles. The zero-order chi connectivity index (χ0) is 12.6. The summed E-state index contributed by atoms with van der Waals surface area (Å²) in [5.41, 5.74) is -1.55. The number of rotatable bonds is 0. The first kappa shape index (κ1) is 10.1. The molecule has 90 valence electrons. The minimum Gasteiger partial charge on any atom is -0.295 e. The van der Waals surface area contributed by atoms with E-state index in [0.29, 0.717) is 12.8 Å². The van der Waals surface area contributed by atoms with Crippen molar-refractivity contribution in [3.8, 4) is 6.07 Å². The van der Waals surface area contributed by atoms with Crippen molar-refractivity contribution >= 4 is 11.8 Å². The van der Waals surface area contributed by atoms with Crippen LogP contribution in [0.3, 0.4) is 0 Å². The first-order chi connectivity index (χ1) is 8.66. The zero-order valence-corrected chi connectivity index (χ0v) is 9.82. The molecule has 3 aliphatic carbocycles. The molecule has 2 spiro atoms. The molecule has 1 aliphatic heterocycles. The molecular formula is C14H12N2O2. The van der Waals surface area contributed by atoms with Crippen molar-refractivity contribution in [3.05, 3.63) is 23.8 Å². The number of hydrogen-bond acceptors (Lipinski definition) is 3. The fourth-order valence-corrected chi connectivity index (χ4v) is 4.73. The van der Waals surface area contributed by atoms with E-state index in [4.69, 9.17) is 0 Å². The van der Waals surface area contributed by atoms with Crippen LogP contribution >= 0.6 is 0 Å². The molecule has 4 heteroatoms. The summed E-state index contributed by atoms with van der Waals surface area (Å²) in [6.45, 7) is 0. The zero-order valence-electron chi connectivity index (χ0n) is 9.82. The molecule has 0 radical (unpaired) electrons. The van der Waals surface area contributed by atoms with Gasteiger partial charge in [0.15, 0.2) is 0 Å². The number of imide groups is 1. The highest BCUT2D eigenvalue weighted by Gasteiger charge is 2.86. The van der Waals surface area contributed by atoms with Gasteiger partial charge in [-0.1, -0.05) is 18.2 Å². The second kappa shape index (κ2) is 2.59. The third-order valence-electron chi connectivity index (χ3n) is 5.33. The van der Waals surface area contributed by atoms with Gasteiger partial charge >= 0.3 is 0 Å². The summed E-state index contributed by atoms with van der Waals surface area (Å²) >= 11 is 0. The minimum absolute atomic E-state index is 0.198. The van der Waals surface area contributed by atoms with Gasteiger partial charge in [0.2, 0.25) is 11.8 Å². The normalized spacial score (nSPS) is 47.4. The van der Waals surface area contributed by atoms with Crippen LogP contribution in [0.2, 0.25) is 0 Å². The van der Waals surface area contributed by atoms with Crippen molar-refractivity contribution in [2.24, 2.45) is 16.2 Å². The smallest absolute Gasteiger partial charge is 0.240 e. The van der Waals surface area contributed by atoms with Gasteiger partial charge in [-0.15, -0.1) is 0 Å². The predicted molar refractivity (Wildman–Crippen MR) is 61.8 cm³/mol. The van der Waals surface area contributed by atoms with Crippen molar-refractivity contribution in [3.63, 3.8) is 0 Å². The summed E-state index contributed by atoms with van der Waals surface area (Å²) in [4.78, 5) is 24.6. The standard InChI is InChI=1S/C14H12N2O2/c15-8-12-5-3-7-14(12)11(18)16-10(17)13(14)6-2-1-4-9(12)13/h3-4,7H,1-2,5-6H2,(H,16,17,18). The van der Waals surface area contributed by atoms with Crippen molar-refractivity contribution in [1.29, 1.82) is 5.26 Å². The highest BCUT2D eigenvalue weighted by atomic mass is 16.2. The highest BCUT2D eigenvalue weighted by molar-refractivity contribution is 6.17. The van der Waals surface area contributed by atoms with Gasteiger partial charge in [0, 0.05) is 0 Å². The third-order valence-corrected chi connectivity index (χ3v) is 5.33. The SMILES string of the molecule is N#CC12CC=CC13C(=O)NC(=O)C31CCCC=C21. The molecule has 1 N–H and O–H groups in total. The fraction of sp³-hybridized carbons (Fsp3) is 0.500. The first-order valence-electron chi connectivity index (χ1n) is 6.32. The Morgan fingerprint density at radius 2 is 2.17 bits per heavy atom. The molecule has 2 fully saturated rings. The Morgan fingerprint density at radius 1 is 1.33 bits per heavy atom. The number of nitrogens with zero attached hydrogens (tertiary/aromatic N) is 1. The molecule has 0 aromatic heterocycles. The molecule has 4 rings (SSSR count). The Balaban J connectivity index is 2.08. The van der Waals surface area contributed by atoms with E-state index in [1.165, 1.54) is 0 Å². The summed E-state index contributed by atoms with van der Waals surface area (Å²) in [7, 11) is 0. The van der Waals surface area contributed by atoms with Gasteiger partial charge in [-0.3, -0.25) is 14.9 Å². The number of nitrogens with one attached hydrogen (secondary N) is 1. The van der Waals surface area contributed by atoms with E-state index in [1.54, 1.807) is 0 Å². The fourth-order valence-electron chi connectivity index (χ4n) is 4.73. The van der Waals surface area contributed by atoms with E-state index in [9.17, 15) is 14.9 Å². The topological polar surface area (TPSA) is 70.0 Å². The monoisotopic (exact) mass is 240 g/mol. The van der Waals surface area contributed by atoms with E-state index in [2.05, 4.69) is 11.4 Å². The number of hydrogen-bond donors (Lipinski definition) is 1. The lowest BCUT2D eigenvalue weighted by atomic mass is 9.34. The lowest BCUT2D eigenvalue weighted by Gasteiger charge is -2.62. The average molecular weight is 240 g/mol. The summed E-state index contributed by atoms with van der Waals surface area (Å²) in [6, 6.07) is 2.34. The largest absolute Gasteiger partial charge is 0.295 e. The molecule has 18 heavy (non-hydrogen) atoms. The van der Waals surface area contributed by atoms with Crippen LogP contribution in [0.4, 0.5) is 0 Å². The maximum absolute atomic E-state index is 12.3. The van der Waals surface area contributed by atoms with Gasteiger partial charge in [0.05, 0.1) is 11.5 Å². The molecule has 1 saturated carbocycles. The highest BCUT2D eigenvalue weighted by Crippen LogP contribution is 2.80. The summed E-state index contributed by atoms with van der Waals surface area (Å²) in [5.74, 6) is -0.474. The maximum Gasteiger partial charge on any atom is 0.240 e. The summed E-state index contributed by atoms with van der Waals surface area (Å²) in [5, 5.41) is 12.1. The number of carbonyl (C=O) groups excluding carboxylic acids is 2.